The van der Waals surface area contributed by atoms with Gasteiger partial charge in [0.05, 0.1) is 25.0 Å². The Morgan fingerprint density at radius 2 is 2.16 bits per heavy atom. The molecule has 6 nitrogen and oxygen atoms in total. The molecule has 0 aromatic heterocycles. The molecule has 3 rings (SSSR count). The molecule has 0 bridgehead atoms. The van der Waals surface area contributed by atoms with Crippen molar-refractivity contribution in [3.63, 3.8) is 0 Å². The van der Waals surface area contributed by atoms with Gasteiger partial charge in [-0.2, -0.15) is 0 Å². The first-order chi connectivity index (χ1) is 11.8. The van der Waals surface area contributed by atoms with E-state index in [-0.39, 0.29) is 30.5 Å². The lowest BCUT2D eigenvalue weighted by molar-refractivity contribution is -0.117. The van der Waals surface area contributed by atoms with E-state index in [1.165, 1.54) is 6.42 Å². The van der Waals surface area contributed by atoms with Gasteiger partial charge in [-0.3, -0.25) is 4.79 Å². The van der Waals surface area contributed by atoms with Crippen molar-refractivity contribution in [2.75, 3.05) is 38.3 Å². The number of anilines is 1. The number of nitrogens with one attached hydrogen (secondary N) is 2. The topological polar surface area (TPSA) is 68.8 Å². The smallest absolute Gasteiger partial charge is 0.226 e. The molecule has 0 radical (unpaired) electrons. The zero-order valence-corrected chi connectivity index (χ0v) is 15.2. The third kappa shape index (κ3) is 6.47. The van der Waals surface area contributed by atoms with Gasteiger partial charge < -0.3 is 24.8 Å². The summed E-state index contributed by atoms with van der Waals surface area (Å²) in [5, 5.41) is 6.23. The van der Waals surface area contributed by atoms with Crippen molar-refractivity contribution in [1.82, 2.24) is 5.32 Å². The maximum atomic E-state index is 12.3. The Bertz CT molecular complexity index is 532. The van der Waals surface area contributed by atoms with Gasteiger partial charge in [-0.25, -0.2) is 0 Å². The molecular weight excluding hydrogens is 344 g/mol. The van der Waals surface area contributed by atoms with Crippen molar-refractivity contribution in [2.24, 2.45) is 0 Å². The van der Waals surface area contributed by atoms with E-state index in [0.29, 0.717) is 37.7 Å². The molecule has 2 unspecified atom stereocenters. The molecule has 2 aliphatic heterocycles. The number of amides is 1. The van der Waals surface area contributed by atoms with Crippen molar-refractivity contribution in [3.8, 4) is 5.75 Å². The first-order valence-corrected chi connectivity index (χ1v) is 8.75. The summed E-state index contributed by atoms with van der Waals surface area (Å²) in [6.07, 6.45) is 3.87. The molecule has 2 atom stereocenters. The van der Waals surface area contributed by atoms with Gasteiger partial charge >= 0.3 is 0 Å². The summed E-state index contributed by atoms with van der Waals surface area (Å²) < 4.78 is 17.0. The Hall–Kier alpha value is -1.34. The van der Waals surface area contributed by atoms with Crippen LogP contribution >= 0.6 is 12.4 Å². The molecule has 2 saturated heterocycles. The van der Waals surface area contributed by atoms with Crippen molar-refractivity contribution in [2.45, 2.75) is 37.8 Å². The zero-order chi connectivity index (χ0) is 16.6. The van der Waals surface area contributed by atoms with Crippen LogP contribution in [0.3, 0.4) is 0 Å². The fourth-order valence-corrected chi connectivity index (χ4v) is 2.99. The minimum Gasteiger partial charge on any atom is -0.489 e. The second kappa shape index (κ2) is 10.6. The summed E-state index contributed by atoms with van der Waals surface area (Å²) in [4.78, 5) is 12.3. The summed E-state index contributed by atoms with van der Waals surface area (Å²) in [5.74, 6) is 0.649. The number of para-hydroxylation sites is 2. The lowest BCUT2D eigenvalue weighted by Crippen LogP contribution is -2.43. The quantitative estimate of drug-likeness (QED) is 0.804. The van der Waals surface area contributed by atoms with Crippen molar-refractivity contribution in [3.05, 3.63) is 24.3 Å². The van der Waals surface area contributed by atoms with Crippen LogP contribution in [0.25, 0.3) is 0 Å². The van der Waals surface area contributed by atoms with Crippen LogP contribution in [0, 0.1) is 0 Å². The molecule has 0 aliphatic carbocycles. The number of hydrogen-bond donors (Lipinski definition) is 2. The lowest BCUT2D eigenvalue weighted by atomic mass is 10.1. The predicted octanol–water partition coefficient (Wildman–Crippen LogP) is 2.37. The van der Waals surface area contributed by atoms with Gasteiger partial charge in [0, 0.05) is 25.6 Å². The molecule has 2 heterocycles. The van der Waals surface area contributed by atoms with Crippen LogP contribution in [-0.2, 0) is 14.3 Å². The molecule has 2 N–H and O–H groups in total. The van der Waals surface area contributed by atoms with Crippen LogP contribution in [0.2, 0.25) is 0 Å². The van der Waals surface area contributed by atoms with Crippen molar-refractivity contribution in [1.29, 1.82) is 0 Å². The highest BCUT2D eigenvalue weighted by Crippen LogP contribution is 2.25. The van der Waals surface area contributed by atoms with E-state index in [1.54, 1.807) is 0 Å². The summed E-state index contributed by atoms with van der Waals surface area (Å²) >= 11 is 0. The number of rotatable bonds is 6. The molecule has 0 spiro atoms. The molecule has 25 heavy (non-hydrogen) atoms. The molecule has 2 fully saturated rings. The Labute approximate surface area is 155 Å². The van der Waals surface area contributed by atoms with Gasteiger partial charge in [0.2, 0.25) is 5.91 Å². The van der Waals surface area contributed by atoms with Crippen LogP contribution in [0.4, 0.5) is 5.69 Å². The van der Waals surface area contributed by atoms with Gasteiger partial charge in [-0.1, -0.05) is 12.1 Å². The average Bonchev–Trinajstić information content (AvgIpc) is 2.63. The first-order valence-electron chi connectivity index (χ1n) is 8.75. The van der Waals surface area contributed by atoms with E-state index in [2.05, 4.69) is 10.6 Å². The minimum atomic E-state index is -0.0389. The van der Waals surface area contributed by atoms with Gasteiger partial charge in [0.1, 0.15) is 12.4 Å². The van der Waals surface area contributed by atoms with Crippen molar-refractivity contribution >= 4 is 24.0 Å². The lowest BCUT2D eigenvalue weighted by Gasteiger charge is -2.24. The maximum absolute atomic E-state index is 12.3. The van der Waals surface area contributed by atoms with Crippen LogP contribution in [-0.4, -0.2) is 51.0 Å². The van der Waals surface area contributed by atoms with Gasteiger partial charge in [-0.05, 0) is 31.4 Å². The fourth-order valence-electron chi connectivity index (χ4n) is 2.99. The van der Waals surface area contributed by atoms with Crippen LogP contribution in [0.5, 0.6) is 5.75 Å². The van der Waals surface area contributed by atoms with E-state index >= 15 is 0 Å². The second-order valence-electron chi connectivity index (χ2n) is 6.27. The summed E-state index contributed by atoms with van der Waals surface area (Å²) in [5.41, 5.74) is 0.704. The standard InChI is InChI=1S/C18H26N2O4.ClH/c21-18(11-14-12-22-10-8-19-14)20-16-6-1-2-7-17(16)24-13-15-5-3-4-9-23-15;/h1-2,6-7,14-15,19H,3-5,8-13H2,(H,20,21);1H. The Morgan fingerprint density at radius 3 is 2.92 bits per heavy atom. The summed E-state index contributed by atoms with van der Waals surface area (Å²) in [6.45, 7) is 3.40. The second-order valence-corrected chi connectivity index (χ2v) is 6.27. The monoisotopic (exact) mass is 370 g/mol. The number of ether oxygens (including phenoxy) is 3. The number of carbonyl (C=O) groups is 1. The number of benzene rings is 1. The SMILES string of the molecule is Cl.O=C(CC1COCCN1)Nc1ccccc1OCC1CCCCO1. The van der Waals surface area contributed by atoms with E-state index in [9.17, 15) is 4.79 Å². The van der Waals surface area contributed by atoms with Gasteiger partial charge in [0.15, 0.2) is 0 Å². The highest BCUT2D eigenvalue weighted by atomic mass is 35.5. The molecule has 1 aromatic carbocycles. The van der Waals surface area contributed by atoms with Gasteiger partial charge in [-0.15, -0.1) is 12.4 Å². The molecule has 2 aliphatic rings. The molecule has 140 valence electrons. The van der Waals surface area contributed by atoms with Gasteiger partial charge in [0.25, 0.3) is 0 Å². The fraction of sp³-hybridized carbons (Fsp3) is 0.611. The molecule has 1 amide bonds. The van der Waals surface area contributed by atoms with Crippen LogP contribution in [0.1, 0.15) is 25.7 Å². The predicted molar refractivity (Wildman–Crippen MR) is 98.6 cm³/mol. The van der Waals surface area contributed by atoms with Crippen LogP contribution < -0.4 is 15.4 Å². The Kier molecular flexibility index (Phi) is 8.48. The number of hydrogen-bond acceptors (Lipinski definition) is 5. The van der Waals surface area contributed by atoms with E-state index in [1.807, 2.05) is 24.3 Å². The van der Waals surface area contributed by atoms with E-state index < -0.39 is 0 Å². The number of carbonyl (C=O) groups excluding carboxylic acids is 1. The minimum absolute atomic E-state index is 0. The highest BCUT2D eigenvalue weighted by molar-refractivity contribution is 5.92. The van der Waals surface area contributed by atoms with E-state index in [0.717, 1.165) is 26.0 Å². The zero-order valence-electron chi connectivity index (χ0n) is 14.4. The third-order valence-corrected chi connectivity index (χ3v) is 4.29. The molecular formula is C18H27ClN2O4. The van der Waals surface area contributed by atoms with Crippen molar-refractivity contribution < 1.29 is 19.0 Å². The largest absolute Gasteiger partial charge is 0.489 e. The summed E-state index contributed by atoms with van der Waals surface area (Å²) in [7, 11) is 0. The molecule has 1 aromatic rings. The first kappa shape index (κ1) is 20.0. The van der Waals surface area contributed by atoms with E-state index in [4.69, 9.17) is 14.2 Å². The third-order valence-electron chi connectivity index (χ3n) is 4.29. The number of morpholine rings is 1. The number of halogens is 1. The van der Waals surface area contributed by atoms with Crippen LogP contribution in [0.15, 0.2) is 24.3 Å². The Balaban J connectivity index is 0.00000225. The molecule has 0 saturated carbocycles. The highest BCUT2D eigenvalue weighted by Gasteiger charge is 2.19. The normalized spacial score (nSPS) is 23.4. The Morgan fingerprint density at radius 1 is 1.28 bits per heavy atom. The summed E-state index contributed by atoms with van der Waals surface area (Å²) in [6, 6.07) is 7.60. The average molecular weight is 371 g/mol. The maximum Gasteiger partial charge on any atom is 0.226 e. The molecule has 7 heteroatoms.